The van der Waals surface area contributed by atoms with Crippen molar-refractivity contribution in [2.45, 2.75) is 11.8 Å². The average molecular weight is 472 g/mol. The van der Waals surface area contributed by atoms with E-state index < -0.39 is 10.0 Å². The number of anilines is 1. The molecule has 10 heteroatoms. The number of rotatable bonds is 5. The largest absolute Gasteiger partial charge is 0.264 e. The number of aryl methyl sites for hydroxylation is 1. The Hall–Kier alpha value is -3.07. The van der Waals surface area contributed by atoms with Crippen LogP contribution in [0, 0.1) is 6.92 Å². The summed E-state index contributed by atoms with van der Waals surface area (Å²) in [6.07, 6.45) is 1.60. The van der Waals surface area contributed by atoms with Gasteiger partial charge in [-0.25, -0.2) is 18.1 Å². The molecular weight excluding hydrogens is 457 g/mol. The molecule has 4 aromatic rings. The molecule has 2 heterocycles. The molecule has 0 bridgehead atoms. The molecule has 1 N–H and O–H groups in total. The predicted octanol–water partition coefficient (Wildman–Crippen LogP) is 5.02. The third-order valence-electron chi connectivity index (χ3n) is 4.28. The van der Waals surface area contributed by atoms with Gasteiger partial charge in [-0.15, -0.1) is 0 Å². The van der Waals surface area contributed by atoms with E-state index in [4.69, 9.17) is 23.2 Å². The Balaban J connectivity index is 1.61. The van der Waals surface area contributed by atoms with Gasteiger partial charge in [0.05, 0.1) is 14.9 Å². The highest BCUT2D eigenvalue weighted by atomic mass is 35.5. The topological polar surface area (TPSA) is 97.7 Å². The van der Waals surface area contributed by atoms with Crippen LogP contribution in [-0.2, 0) is 10.0 Å². The van der Waals surface area contributed by atoms with Crippen molar-refractivity contribution in [1.29, 1.82) is 0 Å². The molecule has 0 spiro atoms. The highest BCUT2D eigenvalue weighted by Crippen LogP contribution is 2.29. The van der Waals surface area contributed by atoms with Gasteiger partial charge in [-0.05, 0) is 54.4 Å². The summed E-state index contributed by atoms with van der Waals surface area (Å²) >= 11 is 12.0. The quantitative estimate of drug-likeness (QED) is 0.438. The highest BCUT2D eigenvalue weighted by Gasteiger charge is 2.17. The number of nitrogens with one attached hydrogen (secondary N) is 1. The molecule has 31 heavy (non-hydrogen) atoms. The van der Waals surface area contributed by atoms with E-state index in [0.717, 1.165) is 11.1 Å². The summed E-state index contributed by atoms with van der Waals surface area (Å²) in [6, 6.07) is 16.9. The molecule has 0 aliphatic carbocycles. The van der Waals surface area contributed by atoms with Gasteiger partial charge in [0.1, 0.15) is 11.5 Å². The van der Waals surface area contributed by atoms with Crippen molar-refractivity contribution < 1.29 is 8.42 Å². The fourth-order valence-electron chi connectivity index (χ4n) is 2.82. The molecule has 7 nitrogen and oxygen atoms in total. The van der Waals surface area contributed by atoms with E-state index in [2.05, 4.69) is 24.7 Å². The fourth-order valence-corrected chi connectivity index (χ4v) is 4.06. The maximum Gasteiger partial charge on any atom is 0.264 e. The van der Waals surface area contributed by atoms with Gasteiger partial charge in [-0.2, -0.15) is 9.97 Å². The van der Waals surface area contributed by atoms with Crippen LogP contribution in [0.1, 0.15) is 5.82 Å². The fraction of sp³-hybridized carbons (Fsp3) is 0.0476. The van der Waals surface area contributed by atoms with Crippen molar-refractivity contribution in [2.75, 3.05) is 4.72 Å². The smallest absolute Gasteiger partial charge is 0.253 e. The van der Waals surface area contributed by atoms with Crippen LogP contribution in [0.4, 0.5) is 5.95 Å². The molecule has 0 atom stereocenters. The van der Waals surface area contributed by atoms with E-state index in [9.17, 15) is 8.42 Å². The second kappa shape index (κ2) is 8.58. The average Bonchev–Trinajstić information content (AvgIpc) is 2.76. The zero-order valence-electron chi connectivity index (χ0n) is 16.1. The third kappa shape index (κ3) is 4.82. The van der Waals surface area contributed by atoms with E-state index in [1.807, 2.05) is 6.07 Å². The van der Waals surface area contributed by atoms with Crippen molar-refractivity contribution in [2.24, 2.45) is 0 Å². The minimum absolute atomic E-state index is 0.0637. The number of hydrogen-bond acceptors (Lipinski definition) is 6. The van der Waals surface area contributed by atoms with Crippen molar-refractivity contribution >= 4 is 39.2 Å². The van der Waals surface area contributed by atoms with Gasteiger partial charge in [0.2, 0.25) is 5.95 Å². The standard InChI is InChI=1S/C21H15Cl2N5O2S/c1-13-25-20(19-4-2-3-11-24-19)27-21(26-13)28-31(29,30)16-8-5-14(6-9-16)15-7-10-17(22)18(23)12-15/h2-12H,1H3,(H,25,26,27,28). The van der Waals surface area contributed by atoms with E-state index in [0.29, 0.717) is 21.6 Å². The van der Waals surface area contributed by atoms with Crippen LogP contribution < -0.4 is 4.72 Å². The first-order valence-corrected chi connectivity index (χ1v) is 11.3. The van der Waals surface area contributed by atoms with Crippen molar-refractivity contribution in [3.8, 4) is 22.6 Å². The van der Waals surface area contributed by atoms with E-state index in [1.165, 1.54) is 12.1 Å². The maximum absolute atomic E-state index is 12.8. The first kappa shape index (κ1) is 21.2. The summed E-state index contributed by atoms with van der Waals surface area (Å²) < 4.78 is 28.1. The summed E-state index contributed by atoms with van der Waals surface area (Å²) in [4.78, 5) is 16.8. The van der Waals surface area contributed by atoms with Gasteiger partial charge in [-0.3, -0.25) is 4.98 Å². The zero-order chi connectivity index (χ0) is 22.0. The van der Waals surface area contributed by atoms with Gasteiger partial charge in [-0.1, -0.05) is 47.5 Å². The van der Waals surface area contributed by atoms with Gasteiger partial charge in [0.15, 0.2) is 5.82 Å². The number of benzene rings is 2. The van der Waals surface area contributed by atoms with Gasteiger partial charge in [0, 0.05) is 6.20 Å². The van der Waals surface area contributed by atoms with Gasteiger partial charge < -0.3 is 0 Å². The molecule has 0 aliphatic heterocycles. The molecule has 0 saturated carbocycles. The summed E-state index contributed by atoms with van der Waals surface area (Å²) in [5, 5.41) is 0.873. The zero-order valence-corrected chi connectivity index (χ0v) is 18.4. The van der Waals surface area contributed by atoms with E-state index in [-0.39, 0.29) is 16.7 Å². The number of halogens is 2. The van der Waals surface area contributed by atoms with Crippen molar-refractivity contribution in [3.63, 3.8) is 0 Å². The van der Waals surface area contributed by atoms with Crippen LogP contribution in [-0.4, -0.2) is 28.4 Å². The van der Waals surface area contributed by atoms with Gasteiger partial charge >= 0.3 is 0 Å². The molecule has 0 saturated heterocycles. The maximum atomic E-state index is 12.8. The molecule has 156 valence electrons. The lowest BCUT2D eigenvalue weighted by molar-refractivity contribution is 0.600. The Morgan fingerprint density at radius 2 is 1.58 bits per heavy atom. The Kier molecular flexibility index (Phi) is 5.86. The minimum atomic E-state index is -3.91. The summed E-state index contributed by atoms with van der Waals surface area (Å²) in [5.74, 6) is 0.561. The first-order valence-electron chi connectivity index (χ1n) is 9.04. The van der Waals surface area contributed by atoms with Crippen LogP contribution in [0.25, 0.3) is 22.6 Å². The number of pyridine rings is 1. The lowest BCUT2D eigenvalue weighted by Gasteiger charge is -2.09. The van der Waals surface area contributed by atoms with Crippen LogP contribution in [0.15, 0.2) is 71.8 Å². The highest BCUT2D eigenvalue weighted by molar-refractivity contribution is 7.92. The van der Waals surface area contributed by atoms with Crippen LogP contribution in [0.2, 0.25) is 10.0 Å². The summed E-state index contributed by atoms with van der Waals surface area (Å²) in [6.45, 7) is 1.65. The molecule has 0 radical (unpaired) electrons. The minimum Gasteiger partial charge on any atom is -0.253 e. The second-order valence-electron chi connectivity index (χ2n) is 6.50. The molecule has 0 unspecified atom stereocenters. The summed E-state index contributed by atoms with van der Waals surface area (Å²) in [7, 11) is -3.91. The molecule has 2 aromatic heterocycles. The number of aromatic nitrogens is 4. The molecule has 0 aliphatic rings. The predicted molar refractivity (Wildman–Crippen MR) is 121 cm³/mol. The number of nitrogens with zero attached hydrogens (tertiary/aromatic N) is 4. The van der Waals surface area contributed by atoms with Crippen LogP contribution in [0.5, 0.6) is 0 Å². The molecule has 2 aromatic carbocycles. The Morgan fingerprint density at radius 3 is 2.26 bits per heavy atom. The second-order valence-corrected chi connectivity index (χ2v) is 9.00. The number of sulfonamides is 1. The SMILES string of the molecule is Cc1nc(NS(=O)(=O)c2ccc(-c3ccc(Cl)c(Cl)c3)cc2)nc(-c2ccccn2)n1. The van der Waals surface area contributed by atoms with Crippen LogP contribution >= 0.6 is 23.2 Å². The molecule has 4 rings (SSSR count). The molecule has 0 amide bonds. The number of hydrogen-bond donors (Lipinski definition) is 1. The first-order chi connectivity index (χ1) is 14.8. The monoisotopic (exact) mass is 471 g/mol. The Labute approximate surface area is 189 Å². The van der Waals surface area contributed by atoms with Crippen LogP contribution in [0.3, 0.4) is 0 Å². The summed E-state index contributed by atoms with van der Waals surface area (Å²) in [5.41, 5.74) is 2.13. The normalized spacial score (nSPS) is 11.3. The molecule has 0 fully saturated rings. The Morgan fingerprint density at radius 1 is 0.839 bits per heavy atom. The van der Waals surface area contributed by atoms with Crippen molar-refractivity contribution in [1.82, 2.24) is 19.9 Å². The third-order valence-corrected chi connectivity index (χ3v) is 6.37. The lowest BCUT2D eigenvalue weighted by Crippen LogP contribution is -2.16. The molecular formula is C21H15Cl2N5O2S. The Bertz CT molecular complexity index is 1350. The van der Waals surface area contributed by atoms with Gasteiger partial charge in [0.25, 0.3) is 10.0 Å². The lowest BCUT2D eigenvalue weighted by atomic mass is 10.1. The van der Waals surface area contributed by atoms with Crippen molar-refractivity contribution in [3.05, 3.63) is 82.7 Å². The van der Waals surface area contributed by atoms with E-state index in [1.54, 1.807) is 55.6 Å². The van der Waals surface area contributed by atoms with E-state index >= 15 is 0 Å².